The number of thioether (sulfide) groups is 1. The first-order chi connectivity index (χ1) is 8.08. The van der Waals surface area contributed by atoms with Crippen LogP contribution in [0.25, 0.3) is 0 Å². The van der Waals surface area contributed by atoms with E-state index in [4.69, 9.17) is 9.47 Å². The van der Waals surface area contributed by atoms with Crippen molar-refractivity contribution in [1.29, 1.82) is 0 Å². The van der Waals surface area contributed by atoms with Gasteiger partial charge in [-0.15, -0.1) is 11.8 Å². The molecule has 98 valence electrons. The summed E-state index contributed by atoms with van der Waals surface area (Å²) in [7, 11) is 0. The second kappa shape index (κ2) is 7.96. The molecule has 0 bridgehead atoms. The van der Waals surface area contributed by atoms with Crippen molar-refractivity contribution in [1.82, 2.24) is 0 Å². The number of hydrogen-bond donors (Lipinski definition) is 0. The highest BCUT2D eigenvalue weighted by Crippen LogP contribution is 2.24. The fraction of sp³-hybridized carbons (Fsp3) is 0.714. The quantitative estimate of drug-likeness (QED) is 0.658. The molecule has 0 N–H and O–H groups in total. The standard InChI is InChI=1S/C14H24O2S/c1-11(2)15-9-13(16-12(3)4)10-17-14-7-5-6-8-14/h5,7-8,11-13H,6,9-10H2,1-4H3. The van der Waals surface area contributed by atoms with Crippen LogP contribution < -0.4 is 0 Å². The van der Waals surface area contributed by atoms with Gasteiger partial charge in [0.15, 0.2) is 0 Å². The molecule has 1 aliphatic carbocycles. The summed E-state index contributed by atoms with van der Waals surface area (Å²) < 4.78 is 11.5. The molecule has 3 heteroatoms. The van der Waals surface area contributed by atoms with Gasteiger partial charge in [0.2, 0.25) is 0 Å². The van der Waals surface area contributed by atoms with E-state index in [0.29, 0.717) is 6.61 Å². The molecule has 1 rings (SSSR count). The van der Waals surface area contributed by atoms with Gasteiger partial charge in [-0.05, 0) is 34.1 Å². The van der Waals surface area contributed by atoms with Gasteiger partial charge in [-0.25, -0.2) is 0 Å². The largest absolute Gasteiger partial charge is 0.376 e. The van der Waals surface area contributed by atoms with Crippen LogP contribution in [0.2, 0.25) is 0 Å². The van der Waals surface area contributed by atoms with E-state index < -0.39 is 0 Å². The van der Waals surface area contributed by atoms with Crippen LogP contribution in [0.15, 0.2) is 23.1 Å². The smallest absolute Gasteiger partial charge is 0.0905 e. The maximum Gasteiger partial charge on any atom is 0.0905 e. The van der Waals surface area contributed by atoms with Crippen molar-refractivity contribution < 1.29 is 9.47 Å². The van der Waals surface area contributed by atoms with Crippen LogP contribution in [-0.2, 0) is 9.47 Å². The van der Waals surface area contributed by atoms with E-state index in [1.54, 1.807) is 0 Å². The molecule has 0 amide bonds. The lowest BCUT2D eigenvalue weighted by molar-refractivity contribution is -0.0472. The monoisotopic (exact) mass is 256 g/mol. The van der Waals surface area contributed by atoms with Gasteiger partial charge in [-0.1, -0.05) is 18.2 Å². The van der Waals surface area contributed by atoms with Gasteiger partial charge in [-0.3, -0.25) is 0 Å². The molecule has 2 nitrogen and oxygen atoms in total. The van der Waals surface area contributed by atoms with Crippen LogP contribution in [0.5, 0.6) is 0 Å². The molecule has 0 heterocycles. The Balaban J connectivity index is 2.31. The Morgan fingerprint density at radius 1 is 1.24 bits per heavy atom. The molecule has 0 saturated carbocycles. The van der Waals surface area contributed by atoms with Crippen molar-refractivity contribution in [3.05, 3.63) is 23.1 Å². The molecule has 0 aromatic rings. The molecule has 0 aromatic heterocycles. The Hall–Kier alpha value is -0.250. The van der Waals surface area contributed by atoms with E-state index in [2.05, 4.69) is 45.9 Å². The zero-order valence-corrected chi connectivity index (χ0v) is 12.1. The lowest BCUT2D eigenvalue weighted by atomic mass is 10.4. The van der Waals surface area contributed by atoms with Crippen molar-refractivity contribution in [2.24, 2.45) is 0 Å². The van der Waals surface area contributed by atoms with E-state index in [1.165, 1.54) is 4.91 Å². The number of rotatable bonds is 8. The lowest BCUT2D eigenvalue weighted by Gasteiger charge is -2.21. The van der Waals surface area contributed by atoms with E-state index in [-0.39, 0.29) is 18.3 Å². The molecule has 1 atom stereocenters. The maximum atomic E-state index is 5.86. The summed E-state index contributed by atoms with van der Waals surface area (Å²) in [5.41, 5.74) is 0. The highest BCUT2D eigenvalue weighted by Gasteiger charge is 2.13. The molecule has 1 unspecified atom stereocenters. The topological polar surface area (TPSA) is 18.5 Å². The summed E-state index contributed by atoms with van der Waals surface area (Å²) in [6.07, 6.45) is 8.39. The summed E-state index contributed by atoms with van der Waals surface area (Å²) in [4.78, 5) is 1.35. The fourth-order valence-corrected chi connectivity index (χ4v) is 2.50. The first-order valence-corrected chi connectivity index (χ1v) is 7.33. The minimum absolute atomic E-state index is 0.178. The summed E-state index contributed by atoms with van der Waals surface area (Å²) in [6.45, 7) is 8.94. The molecular formula is C14H24O2S. The fourth-order valence-electron chi connectivity index (χ4n) is 1.54. The third-order valence-corrected chi connectivity index (χ3v) is 3.43. The van der Waals surface area contributed by atoms with Crippen molar-refractivity contribution in [2.45, 2.75) is 52.4 Å². The van der Waals surface area contributed by atoms with E-state index in [1.807, 2.05) is 11.8 Å². The van der Waals surface area contributed by atoms with Crippen LogP contribution in [0.4, 0.5) is 0 Å². The average molecular weight is 256 g/mol. The molecule has 0 aromatic carbocycles. The van der Waals surface area contributed by atoms with Gasteiger partial charge in [0.1, 0.15) is 0 Å². The van der Waals surface area contributed by atoms with E-state index >= 15 is 0 Å². The Morgan fingerprint density at radius 2 is 2.00 bits per heavy atom. The molecule has 0 aliphatic heterocycles. The third kappa shape index (κ3) is 6.92. The third-order valence-electron chi connectivity index (χ3n) is 2.25. The molecule has 0 saturated heterocycles. The van der Waals surface area contributed by atoms with Crippen molar-refractivity contribution in [2.75, 3.05) is 12.4 Å². The van der Waals surface area contributed by atoms with Crippen molar-refractivity contribution >= 4 is 11.8 Å². The minimum Gasteiger partial charge on any atom is -0.376 e. The van der Waals surface area contributed by atoms with Gasteiger partial charge < -0.3 is 9.47 Å². The lowest BCUT2D eigenvalue weighted by Crippen LogP contribution is -2.27. The first kappa shape index (κ1) is 14.8. The Kier molecular flexibility index (Phi) is 6.93. The minimum atomic E-state index is 0.178. The first-order valence-electron chi connectivity index (χ1n) is 6.34. The van der Waals surface area contributed by atoms with Crippen LogP contribution in [0, 0.1) is 0 Å². The number of hydrogen-bond acceptors (Lipinski definition) is 3. The number of allylic oxidation sites excluding steroid dienone is 3. The van der Waals surface area contributed by atoms with Crippen LogP contribution in [0.3, 0.4) is 0 Å². The van der Waals surface area contributed by atoms with Crippen LogP contribution >= 0.6 is 11.8 Å². The summed E-state index contributed by atoms with van der Waals surface area (Å²) in [5, 5.41) is 0. The molecule has 17 heavy (non-hydrogen) atoms. The van der Waals surface area contributed by atoms with Crippen LogP contribution in [0.1, 0.15) is 34.1 Å². The SMILES string of the molecule is CC(C)OCC(CSC1=CCC=C1)OC(C)C. The summed E-state index contributed by atoms with van der Waals surface area (Å²) >= 11 is 1.86. The average Bonchev–Trinajstić information content (AvgIpc) is 2.74. The highest BCUT2D eigenvalue weighted by atomic mass is 32.2. The second-order valence-electron chi connectivity index (χ2n) is 4.74. The zero-order valence-electron chi connectivity index (χ0n) is 11.3. The highest BCUT2D eigenvalue weighted by molar-refractivity contribution is 8.03. The predicted molar refractivity (Wildman–Crippen MR) is 75.4 cm³/mol. The molecule has 1 aliphatic rings. The normalized spacial score (nSPS) is 16.9. The van der Waals surface area contributed by atoms with Gasteiger partial charge in [0.05, 0.1) is 24.9 Å². The zero-order chi connectivity index (χ0) is 12.7. The van der Waals surface area contributed by atoms with E-state index in [9.17, 15) is 0 Å². The van der Waals surface area contributed by atoms with Gasteiger partial charge in [0.25, 0.3) is 0 Å². The van der Waals surface area contributed by atoms with Gasteiger partial charge >= 0.3 is 0 Å². The molecule has 0 spiro atoms. The van der Waals surface area contributed by atoms with Gasteiger partial charge in [-0.2, -0.15) is 0 Å². The Bertz CT molecular complexity index is 269. The predicted octanol–water partition coefficient (Wildman–Crippen LogP) is 3.78. The summed E-state index contributed by atoms with van der Waals surface area (Å²) in [6, 6.07) is 0. The maximum absolute atomic E-state index is 5.86. The number of ether oxygens (including phenoxy) is 2. The Labute approximate surface area is 109 Å². The second-order valence-corrected chi connectivity index (χ2v) is 5.84. The molecule has 0 fully saturated rings. The van der Waals surface area contributed by atoms with Gasteiger partial charge in [0, 0.05) is 10.7 Å². The Morgan fingerprint density at radius 3 is 2.53 bits per heavy atom. The molecular weight excluding hydrogens is 232 g/mol. The van der Waals surface area contributed by atoms with Crippen LogP contribution in [-0.4, -0.2) is 30.7 Å². The van der Waals surface area contributed by atoms with E-state index in [0.717, 1.165) is 12.2 Å². The molecule has 0 radical (unpaired) electrons. The van der Waals surface area contributed by atoms with Crippen molar-refractivity contribution in [3.63, 3.8) is 0 Å². The summed E-state index contributed by atoms with van der Waals surface area (Å²) in [5.74, 6) is 0.959. The van der Waals surface area contributed by atoms with Crippen molar-refractivity contribution in [3.8, 4) is 0 Å².